The van der Waals surface area contributed by atoms with Crippen molar-refractivity contribution in [1.82, 2.24) is 5.32 Å². The number of rotatable bonds is 1. The largest absolute Gasteiger partial charge is 0.317 e. The maximum absolute atomic E-state index is 3.34. The molecule has 0 aliphatic heterocycles. The topological polar surface area (TPSA) is 12.0 Å². The van der Waals surface area contributed by atoms with Crippen LogP contribution in [0.2, 0.25) is 0 Å². The molecule has 58 valence electrons. The van der Waals surface area contributed by atoms with E-state index < -0.39 is 0 Å². The summed E-state index contributed by atoms with van der Waals surface area (Å²) in [5.74, 6) is 0. The smallest absolute Gasteiger partial charge is 0.00671 e. The van der Waals surface area contributed by atoms with Gasteiger partial charge in [0, 0.05) is 6.04 Å². The van der Waals surface area contributed by atoms with Gasteiger partial charge in [0.2, 0.25) is 0 Å². The monoisotopic (exact) mass is 139 g/mol. The second-order valence-electron chi connectivity index (χ2n) is 2.97. The average Bonchev–Trinajstić information content (AvgIpc) is 1.87. The Hall–Kier alpha value is -0.300. The lowest BCUT2D eigenvalue weighted by Gasteiger charge is -2.15. The van der Waals surface area contributed by atoms with Gasteiger partial charge < -0.3 is 5.32 Å². The quantitative estimate of drug-likeness (QED) is 0.548. The van der Waals surface area contributed by atoms with Gasteiger partial charge in [-0.2, -0.15) is 0 Å². The highest BCUT2D eigenvalue weighted by molar-refractivity contribution is 4.86. The molecule has 1 atom stereocenters. The third-order valence-electron chi connectivity index (χ3n) is 2.18. The lowest BCUT2D eigenvalue weighted by atomic mass is 10.0. The summed E-state index contributed by atoms with van der Waals surface area (Å²) in [6, 6.07) is 0.768. The highest BCUT2D eigenvalue weighted by Crippen LogP contribution is 2.11. The molecule has 0 fully saturated rings. The predicted octanol–water partition coefficient (Wildman–Crippen LogP) is 2.09. The van der Waals surface area contributed by atoms with E-state index in [0.29, 0.717) is 0 Å². The van der Waals surface area contributed by atoms with E-state index in [1.807, 2.05) is 0 Å². The zero-order valence-electron chi connectivity index (χ0n) is 6.77. The summed E-state index contributed by atoms with van der Waals surface area (Å²) in [6.45, 7) is 0. The van der Waals surface area contributed by atoms with Crippen LogP contribution in [0.1, 0.15) is 32.1 Å². The van der Waals surface area contributed by atoms with E-state index in [0.717, 1.165) is 6.04 Å². The van der Waals surface area contributed by atoms with E-state index >= 15 is 0 Å². The van der Waals surface area contributed by atoms with Crippen molar-refractivity contribution in [2.45, 2.75) is 38.1 Å². The van der Waals surface area contributed by atoms with E-state index in [4.69, 9.17) is 0 Å². The molecule has 0 spiro atoms. The van der Waals surface area contributed by atoms with Gasteiger partial charge in [-0.05, 0) is 39.2 Å². The highest BCUT2D eigenvalue weighted by atomic mass is 14.9. The predicted molar refractivity (Wildman–Crippen MR) is 45.1 cm³/mol. The summed E-state index contributed by atoms with van der Waals surface area (Å²) in [6.07, 6.45) is 11.2. The Bertz CT molecular complexity index is 107. The first-order valence-corrected chi connectivity index (χ1v) is 4.26. The van der Waals surface area contributed by atoms with Gasteiger partial charge in [0.1, 0.15) is 0 Å². The standard InChI is InChI=1S/C9H17N/c1-10-9-7-5-3-2-4-6-8-9/h2-3,9-10H,4-8H2,1H3/b3-2+. The molecule has 0 saturated heterocycles. The van der Waals surface area contributed by atoms with Crippen LogP contribution in [0.3, 0.4) is 0 Å². The Labute approximate surface area is 63.5 Å². The Morgan fingerprint density at radius 3 is 2.80 bits per heavy atom. The van der Waals surface area contributed by atoms with Crippen LogP contribution < -0.4 is 5.32 Å². The summed E-state index contributed by atoms with van der Waals surface area (Å²) in [5, 5.41) is 3.34. The first kappa shape index (κ1) is 7.80. The molecule has 0 radical (unpaired) electrons. The SMILES string of the molecule is CNC1CC/C=C/CCC1. The molecule has 0 amide bonds. The van der Waals surface area contributed by atoms with Crippen LogP contribution in [0.5, 0.6) is 0 Å². The minimum atomic E-state index is 0.768. The molecule has 0 saturated carbocycles. The van der Waals surface area contributed by atoms with E-state index in [1.165, 1.54) is 32.1 Å². The second kappa shape index (κ2) is 4.51. The lowest BCUT2D eigenvalue weighted by molar-refractivity contribution is 0.473. The first-order valence-electron chi connectivity index (χ1n) is 4.26. The van der Waals surface area contributed by atoms with Crippen molar-refractivity contribution in [1.29, 1.82) is 0 Å². The maximum atomic E-state index is 3.34. The van der Waals surface area contributed by atoms with Gasteiger partial charge >= 0.3 is 0 Å². The van der Waals surface area contributed by atoms with Crippen LogP contribution >= 0.6 is 0 Å². The van der Waals surface area contributed by atoms with Gasteiger partial charge in [0.25, 0.3) is 0 Å². The molecule has 1 aliphatic rings. The van der Waals surface area contributed by atoms with Crippen molar-refractivity contribution >= 4 is 0 Å². The van der Waals surface area contributed by atoms with Crippen LogP contribution in [-0.4, -0.2) is 13.1 Å². The molecule has 1 heteroatoms. The highest BCUT2D eigenvalue weighted by Gasteiger charge is 2.04. The first-order chi connectivity index (χ1) is 4.93. The fourth-order valence-electron chi connectivity index (χ4n) is 1.45. The molecule has 0 aromatic carbocycles. The summed E-state index contributed by atoms with van der Waals surface area (Å²) >= 11 is 0. The minimum Gasteiger partial charge on any atom is -0.317 e. The third-order valence-corrected chi connectivity index (χ3v) is 2.18. The lowest BCUT2D eigenvalue weighted by Crippen LogP contribution is -2.24. The number of hydrogen-bond donors (Lipinski definition) is 1. The fraction of sp³-hybridized carbons (Fsp3) is 0.778. The molecule has 1 aliphatic carbocycles. The summed E-state index contributed by atoms with van der Waals surface area (Å²) in [5.41, 5.74) is 0. The fourth-order valence-corrected chi connectivity index (χ4v) is 1.45. The Balaban J connectivity index is 2.27. The van der Waals surface area contributed by atoms with Crippen molar-refractivity contribution in [3.8, 4) is 0 Å². The number of allylic oxidation sites excluding steroid dienone is 2. The molecule has 1 N–H and O–H groups in total. The van der Waals surface area contributed by atoms with Gasteiger partial charge in [-0.25, -0.2) is 0 Å². The van der Waals surface area contributed by atoms with E-state index in [2.05, 4.69) is 24.5 Å². The Morgan fingerprint density at radius 1 is 1.20 bits per heavy atom. The van der Waals surface area contributed by atoms with Crippen molar-refractivity contribution in [2.75, 3.05) is 7.05 Å². The van der Waals surface area contributed by atoms with Gasteiger partial charge in [-0.3, -0.25) is 0 Å². The van der Waals surface area contributed by atoms with E-state index in [1.54, 1.807) is 0 Å². The van der Waals surface area contributed by atoms with E-state index in [-0.39, 0.29) is 0 Å². The molecule has 0 bridgehead atoms. The number of nitrogens with one attached hydrogen (secondary N) is 1. The second-order valence-corrected chi connectivity index (χ2v) is 2.97. The Kier molecular flexibility index (Phi) is 3.52. The van der Waals surface area contributed by atoms with Crippen LogP contribution in [0.4, 0.5) is 0 Å². The van der Waals surface area contributed by atoms with Crippen molar-refractivity contribution in [2.24, 2.45) is 0 Å². The molecule has 0 aromatic heterocycles. The van der Waals surface area contributed by atoms with Crippen molar-refractivity contribution < 1.29 is 0 Å². The molecule has 10 heavy (non-hydrogen) atoms. The van der Waals surface area contributed by atoms with Gasteiger partial charge in [-0.1, -0.05) is 12.2 Å². The Morgan fingerprint density at radius 2 is 2.00 bits per heavy atom. The molecule has 1 unspecified atom stereocenters. The molecule has 0 heterocycles. The van der Waals surface area contributed by atoms with Gasteiger partial charge in [0.05, 0.1) is 0 Å². The maximum Gasteiger partial charge on any atom is 0.00671 e. The minimum absolute atomic E-state index is 0.768. The van der Waals surface area contributed by atoms with Gasteiger partial charge in [-0.15, -0.1) is 0 Å². The van der Waals surface area contributed by atoms with Crippen LogP contribution in [0, 0.1) is 0 Å². The summed E-state index contributed by atoms with van der Waals surface area (Å²) in [4.78, 5) is 0. The van der Waals surface area contributed by atoms with Crippen LogP contribution in [0.25, 0.3) is 0 Å². The zero-order valence-corrected chi connectivity index (χ0v) is 6.77. The van der Waals surface area contributed by atoms with Gasteiger partial charge in [0.15, 0.2) is 0 Å². The molecular weight excluding hydrogens is 122 g/mol. The summed E-state index contributed by atoms with van der Waals surface area (Å²) in [7, 11) is 2.07. The normalized spacial score (nSPS) is 30.7. The molecule has 1 nitrogen and oxygen atoms in total. The number of hydrogen-bond acceptors (Lipinski definition) is 1. The summed E-state index contributed by atoms with van der Waals surface area (Å²) < 4.78 is 0. The van der Waals surface area contributed by atoms with Crippen molar-refractivity contribution in [3.05, 3.63) is 12.2 Å². The average molecular weight is 139 g/mol. The third kappa shape index (κ3) is 2.53. The molecular formula is C9H17N. The zero-order chi connectivity index (χ0) is 7.23. The van der Waals surface area contributed by atoms with Crippen LogP contribution in [-0.2, 0) is 0 Å². The van der Waals surface area contributed by atoms with E-state index in [9.17, 15) is 0 Å². The van der Waals surface area contributed by atoms with Crippen molar-refractivity contribution in [3.63, 3.8) is 0 Å². The molecule has 0 aromatic rings. The van der Waals surface area contributed by atoms with Crippen LogP contribution in [0.15, 0.2) is 12.2 Å². The molecule has 1 rings (SSSR count).